The van der Waals surface area contributed by atoms with E-state index in [-0.39, 0.29) is 17.9 Å². The summed E-state index contributed by atoms with van der Waals surface area (Å²) in [5.74, 6) is -0.495. The van der Waals surface area contributed by atoms with E-state index in [0.29, 0.717) is 30.2 Å². The predicted molar refractivity (Wildman–Crippen MR) is 118 cm³/mol. The van der Waals surface area contributed by atoms with Gasteiger partial charge >= 0.3 is 0 Å². The molecule has 1 aliphatic heterocycles. The molecule has 2 unspecified atom stereocenters. The fourth-order valence-electron chi connectivity index (χ4n) is 3.46. The third kappa shape index (κ3) is 6.83. The van der Waals surface area contributed by atoms with E-state index >= 15 is 0 Å². The number of rotatable bonds is 8. The van der Waals surface area contributed by atoms with Crippen molar-refractivity contribution in [1.82, 2.24) is 15.5 Å². The van der Waals surface area contributed by atoms with Crippen LogP contribution in [0, 0.1) is 0 Å². The van der Waals surface area contributed by atoms with Crippen LogP contribution in [0.5, 0.6) is 0 Å². The number of benzene rings is 2. The van der Waals surface area contributed by atoms with Crippen molar-refractivity contribution in [1.29, 1.82) is 0 Å². The van der Waals surface area contributed by atoms with Gasteiger partial charge in [-0.05, 0) is 36.8 Å². The Balaban J connectivity index is 1.65. The number of nitrogens with one attached hydrogen (secondary N) is 2. The summed E-state index contributed by atoms with van der Waals surface area (Å²) >= 11 is 5.91. The van der Waals surface area contributed by atoms with E-state index in [9.17, 15) is 9.59 Å². The topological polar surface area (TPSA) is 70.7 Å². The second-order valence-electron chi connectivity index (χ2n) is 7.55. The van der Waals surface area contributed by atoms with Crippen LogP contribution in [0.1, 0.15) is 22.8 Å². The summed E-state index contributed by atoms with van der Waals surface area (Å²) in [6.45, 7) is 5.89. The fraction of sp³-hybridized carbons (Fsp3) is 0.391. The fourth-order valence-corrected chi connectivity index (χ4v) is 3.59. The summed E-state index contributed by atoms with van der Waals surface area (Å²) in [6, 6.07) is 15.6. The molecule has 0 aliphatic carbocycles. The minimum atomic E-state index is -0.678. The molecule has 0 radical (unpaired) electrons. The molecular weight excluding hydrogens is 402 g/mol. The molecule has 2 aromatic rings. The Morgan fingerprint density at radius 3 is 2.37 bits per heavy atom. The maximum Gasteiger partial charge on any atom is 0.251 e. The van der Waals surface area contributed by atoms with E-state index in [0.717, 1.165) is 25.2 Å². The average molecular weight is 430 g/mol. The van der Waals surface area contributed by atoms with E-state index in [2.05, 4.69) is 15.5 Å². The molecule has 0 bridgehead atoms. The predicted octanol–water partition coefficient (Wildman–Crippen LogP) is 2.52. The highest BCUT2D eigenvalue weighted by molar-refractivity contribution is 6.30. The number of morpholine rings is 1. The second kappa shape index (κ2) is 11.1. The summed E-state index contributed by atoms with van der Waals surface area (Å²) in [6.07, 6.45) is 0.413. The van der Waals surface area contributed by atoms with Crippen LogP contribution >= 0.6 is 11.6 Å². The molecule has 7 heteroatoms. The summed E-state index contributed by atoms with van der Waals surface area (Å²) < 4.78 is 5.38. The van der Waals surface area contributed by atoms with Gasteiger partial charge in [-0.25, -0.2) is 0 Å². The minimum Gasteiger partial charge on any atom is -0.379 e. The van der Waals surface area contributed by atoms with Crippen molar-refractivity contribution in [3.63, 3.8) is 0 Å². The van der Waals surface area contributed by atoms with E-state index in [1.165, 1.54) is 0 Å². The van der Waals surface area contributed by atoms with Crippen molar-refractivity contribution in [2.24, 2.45) is 0 Å². The molecule has 2 atom stereocenters. The van der Waals surface area contributed by atoms with Crippen LogP contribution in [0.4, 0.5) is 0 Å². The van der Waals surface area contributed by atoms with Gasteiger partial charge in [0.2, 0.25) is 5.91 Å². The van der Waals surface area contributed by atoms with Gasteiger partial charge in [-0.15, -0.1) is 0 Å². The summed E-state index contributed by atoms with van der Waals surface area (Å²) in [5.41, 5.74) is 1.45. The zero-order chi connectivity index (χ0) is 21.3. The molecule has 1 heterocycles. The van der Waals surface area contributed by atoms with E-state index in [4.69, 9.17) is 16.3 Å². The lowest BCUT2D eigenvalue weighted by molar-refractivity contribution is -0.123. The third-order valence-electron chi connectivity index (χ3n) is 5.04. The van der Waals surface area contributed by atoms with Crippen molar-refractivity contribution in [2.45, 2.75) is 25.4 Å². The number of carbonyl (C=O) groups is 2. The van der Waals surface area contributed by atoms with Crippen molar-refractivity contribution < 1.29 is 14.3 Å². The highest BCUT2D eigenvalue weighted by Gasteiger charge is 2.24. The summed E-state index contributed by atoms with van der Waals surface area (Å²) in [4.78, 5) is 28.0. The lowest BCUT2D eigenvalue weighted by Gasteiger charge is -2.30. The maximum absolute atomic E-state index is 13.0. The van der Waals surface area contributed by atoms with Gasteiger partial charge in [-0.3, -0.25) is 14.5 Å². The second-order valence-corrected chi connectivity index (χ2v) is 7.98. The van der Waals surface area contributed by atoms with E-state index in [1.807, 2.05) is 37.3 Å². The number of halogens is 1. The molecule has 30 heavy (non-hydrogen) atoms. The van der Waals surface area contributed by atoms with Crippen LogP contribution in [0.3, 0.4) is 0 Å². The molecule has 2 amide bonds. The zero-order valence-electron chi connectivity index (χ0n) is 17.1. The average Bonchev–Trinajstić information content (AvgIpc) is 2.75. The van der Waals surface area contributed by atoms with Crippen LogP contribution in [0.2, 0.25) is 5.02 Å². The minimum absolute atomic E-state index is 0.0405. The van der Waals surface area contributed by atoms with Crippen LogP contribution in [0.15, 0.2) is 54.6 Å². The van der Waals surface area contributed by atoms with E-state index in [1.54, 1.807) is 24.3 Å². The van der Waals surface area contributed by atoms with Gasteiger partial charge in [-0.1, -0.05) is 41.9 Å². The Morgan fingerprint density at radius 1 is 1.03 bits per heavy atom. The SMILES string of the molecule is CC(CN1CCOCC1)NC(=O)C(Cc1ccccc1)NC(=O)c1ccc(Cl)cc1. The maximum atomic E-state index is 13.0. The van der Waals surface area contributed by atoms with Gasteiger partial charge in [0.05, 0.1) is 13.2 Å². The standard InChI is InChI=1S/C23H28ClN3O3/c1-17(16-27-11-13-30-14-12-27)25-23(29)21(15-18-5-3-2-4-6-18)26-22(28)19-7-9-20(24)10-8-19/h2-10,17,21H,11-16H2,1H3,(H,25,29)(H,26,28). The molecule has 0 spiro atoms. The monoisotopic (exact) mass is 429 g/mol. The largest absolute Gasteiger partial charge is 0.379 e. The third-order valence-corrected chi connectivity index (χ3v) is 5.29. The molecule has 2 aromatic carbocycles. The Hall–Kier alpha value is -2.41. The Kier molecular flexibility index (Phi) is 8.25. The molecule has 3 rings (SSSR count). The number of nitrogens with zero attached hydrogens (tertiary/aromatic N) is 1. The van der Waals surface area contributed by atoms with Gasteiger partial charge < -0.3 is 15.4 Å². The van der Waals surface area contributed by atoms with Crippen molar-refractivity contribution in [3.8, 4) is 0 Å². The van der Waals surface area contributed by atoms with Crippen molar-refractivity contribution >= 4 is 23.4 Å². The molecule has 6 nitrogen and oxygen atoms in total. The molecular formula is C23H28ClN3O3. The smallest absolute Gasteiger partial charge is 0.251 e. The quantitative estimate of drug-likeness (QED) is 0.676. The van der Waals surface area contributed by atoms with Crippen LogP contribution in [0.25, 0.3) is 0 Å². The molecule has 1 saturated heterocycles. The Morgan fingerprint density at radius 2 is 1.70 bits per heavy atom. The number of ether oxygens (including phenoxy) is 1. The lowest BCUT2D eigenvalue weighted by atomic mass is 10.0. The number of hydrogen-bond donors (Lipinski definition) is 2. The first-order chi connectivity index (χ1) is 14.5. The summed E-state index contributed by atoms with van der Waals surface area (Å²) in [7, 11) is 0. The Bertz CT molecular complexity index is 823. The molecule has 1 aliphatic rings. The molecule has 160 valence electrons. The summed E-state index contributed by atoms with van der Waals surface area (Å²) in [5, 5.41) is 6.50. The van der Waals surface area contributed by atoms with Gasteiger partial charge in [-0.2, -0.15) is 0 Å². The van der Waals surface area contributed by atoms with Crippen LogP contribution in [-0.2, 0) is 16.0 Å². The molecule has 0 aromatic heterocycles. The number of carbonyl (C=O) groups excluding carboxylic acids is 2. The van der Waals surface area contributed by atoms with Crippen LogP contribution in [-0.4, -0.2) is 61.6 Å². The zero-order valence-corrected chi connectivity index (χ0v) is 17.9. The molecule has 2 N–H and O–H groups in total. The first-order valence-corrected chi connectivity index (χ1v) is 10.6. The van der Waals surface area contributed by atoms with Crippen molar-refractivity contribution in [3.05, 3.63) is 70.7 Å². The van der Waals surface area contributed by atoms with Gasteiger partial charge in [0, 0.05) is 42.7 Å². The number of amides is 2. The van der Waals surface area contributed by atoms with Gasteiger partial charge in [0.15, 0.2) is 0 Å². The lowest BCUT2D eigenvalue weighted by Crippen LogP contribution is -2.53. The highest BCUT2D eigenvalue weighted by Crippen LogP contribution is 2.11. The Labute approximate surface area is 182 Å². The van der Waals surface area contributed by atoms with Crippen LogP contribution < -0.4 is 10.6 Å². The normalized spacial score (nSPS) is 16.5. The van der Waals surface area contributed by atoms with Gasteiger partial charge in [0.25, 0.3) is 5.91 Å². The first kappa shape index (κ1) is 22.3. The van der Waals surface area contributed by atoms with E-state index < -0.39 is 6.04 Å². The molecule has 1 fully saturated rings. The highest BCUT2D eigenvalue weighted by atomic mass is 35.5. The van der Waals surface area contributed by atoms with Crippen molar-refractivity contribution in [2.75, 3.05) is 32.8 Å². The molecule has 0 saturated carbocycles. The first-order valence-electron chi connectivity index (χ1n) is 10.2. The number of hydrogen-bond acceptors (Lipinski definition) is 4. The van der Waals surface area contributed by atoms with Gasteiger partial charge in [0.1, 0.15) is 6.04 Å².